The van der Waals surface area contributed by atoms with Crippen LogP contribution in [0.4, 0.5) is 0 Å². The molecule has 0 aliphatic carbocycles. The van der Waals surface area contributed by atoms with E-state index in [-0.39, 0.29) is 24.0 Å². The Morgan fingerprint density at radius 2 is 1.52 bits per heavy atom. The predicted molar refractivity (Wildman–Crippen MR) is 138 cm³/mol. The summed E-state index contributed by atoms with van der Waals surface area (Å²) in [4.78, 5) is 89.6. The lowest BCUT2D eigenvalue weighted by Gasteiger charge is -2.23. The second kappa shape index (κ2) is 12.2. The maximum Gasteiger partial charge on any atom is 0.330 e. The number of aliphatic hydroxyl groups excluding tert-OH is 2. The third kappa shape index (κ3) is 6.40. The Hall–Kier alpha value is -4.39. The molecule has 7 atom stereocenters. The van der Waals surface area contributed by atoms with Crippen LogP contribution in [0.3, 0.4) is 0 Å². The normalized spacial score (nSPS) is 26.1. The van der Waals surface area contributed by atoms with Gasteiger partial charge in [0.15, 0.2) is 6.10 Å². The Balaban J connectivity index is 1.46. The van der Waals surface area contributed by atoms with Crippen LogP contribution in [0.15, 0.2) is 31.6 Å². The van der Waals surface area contributed by atoms with Crippen molar-refractivity contribution in [3.8, 4) is 0 Å². The van der Waals surface area contributed by atoms with E-state index in [9.17, 15) is 48.9 Å². The van der Waals surface area contributed by atoms with Gasteiger partial charge < -0.3 is 35.4 Å². The summed E-state index contributed by atoms with van der Waals surface area (Å²) in [6, 6.07) is -2.58. The van der Waals surface area contributed by atoms with Crippen molar-refractivity contribution in [2.45, 2.75) is 76.0 Å². The standard InChI is InChI=1S/C24H30N6O12/c1-9-6-29(23(39)27-19(9)35)15-3-11(14(8-31)41-15)25-21(37)12(4-17(33)34)26-22(38)18-13(32)5-16(42-18)30-7-10(2)20(36)28-24(30)40/h6-7,11-16,18,31-32H,3-5,8H2,1-2H3,(H,25,37)(H,26,38)(H,33,34)(H,27,35,39)(H,28,36,40)/t11-,12-,13-,14+,15+,16+,18-/m0/s1. The number of carbonyl (C=O) groups excluding carboxylic acids is 2. The number of aromatic amines is 2. The summed E-state index contributed by atoms with van der Waals surface area (Å²) >= 11 is 0. The molecule has 4 heterocycles. The Morgan fingerprint density at radius 1 is 0.976 bits per heavy atom. The van der Waals surface area contributed by atoms with Crippen molar-refractivity contribution in [3.63, 3.8) is 0 Å². The smallest absolute Gasteiger partial charge is 0.330 e. The third-order valence-corrected chi connectivity index (χ3v) is 7.02. The van der Waals surface area contributed by atoms with E-state index in [1.807, 2.05) is 0 Å². The molecule has 0 radical (unpaired) electrons. The van der Waals surface area contributed by atoms with Gasteiger partial charge in [0.25, 0.3) is 17.0 Å². The number of hydrogen-bond acceptors (Lipinski definition) is 11. The van der Waals surface area contributed by atoms with E-state index in [4.69, 9.17) is 9.47 Å². The Kier molecular flexibility index (Phi) is 8.90. The molecular weight excluding hydrogens is 564 g/mol. The van der Waals surface area contributed by atoms with Gasteiger partial charge in [0.1, 0.15) is 24.6 Å². The number of carboxylic acid groups (broad SMARTS) is 1. The highest BCUT2D eigenvalue weighted by Gasteiger charge is 2.43. The molecule has 2 amide bonds. The fourth-order valence-electron chi connectivity index (χ4n) is 4.80. The molecule has 2 aromatic heterocycles. The number of carboxylic acids is 1. The molecule has 2 aromatic rings. The summed E-state index contributed by atoms with van der Waals surface area (Å²) in [6.07, 6.45) is -4.82. The molecule has 2 fully saturated rings. The van der Waals surface area contributed by atoms with Crippen molar-refractivity contribution in [2.24, 2.45) is 0 Å². The molecule has 42 heavy (non-hydrogen) atoms. The maximum atomic E-state index is 13.1. The first-order chi connectivity index (χ1) is 19.8. The summed E-state index contributed by atoms with van der Waals surface area (Å²) in [7, 11) is 0. The minimum Gasteiger partial charge on any atom is -0.481 e. The lowest BCUT2D eigenvalue weighted by atomic mass is 10.1. The first-order valence-electron chi connectivity index (χ1n) is 12.9. The molecule has 0 aromatic carbocycles. The quantitative estimate of drug-likeness (QED) is 0.147. The lowest BCUT2D eigenvalue weighted by molar-refractivity contribution is -0.144. The van der Waals surface area contributed by atoms with E-state index in [0.717, 1.165) is 9.13 Å². The number of aliphatic carboxylic acids is 1. The van der Waals surface area contributed by atoms with Crippen LogP contribution in [0.25, 0.3) is 0 Å². The zero-order valence-corrected chi connectivity index (χ0v) is 22.4. The number of nitrogens with one attached hydrogen (secondary N) is 4. The number of ether oxygens (including phenoxy) is 2. The van der Waals surface area contributed by atoms with Crippen LogP contribution in [-0.4, -0.2) is 89.2 Å². The number of nitrogens with zero attached hydrogens (tertiary/aromatic N) is 2. The molecule has 4 rings (SSSR count). The number of aromatic nitrogens is 4. The molecule has 2 aliphatic heterocycles. The van der Waals surface area contributed by atoms with Crippen LogP contribution in [-0.2, 0) is 23.9 Å². The fourth-order valence-corrected chi connectivity index (χ4v) is 4.80. The Bertz CT molecular complexity index is 1610. The summed E-state index contributed by atoms with van der Waals surface area (Å²) in [5.41, 5.74) is -2.42. The van der Waals surface area contributed by atoms with E-state index >= 15 is 0 Å². The largest absolute Gasteiger partial charge is 0.481 e. The average Bonchev–Trinajstić information content (AvgIpc) is 3.50. The highest BCUT2D eigenvalue weighted by atomic mass is 16.5. The van der Waals surface area contributed by atoms with Crippen LogP contribution in [0.2, 0.25) is 0 Å². The average molecular weight is 595 g/mol. The van der Waals surface area contributed by atoms with Gasteiger partial charge in [-0.3, -0.25) is 43.1 Å². The zero-order valence-electron chi connectivity index (χ0n) is 22.4. The SMILES string of the molecule is Cc1cn([C@H]2C[C@H](O)[C@@H](C(=O)N[C@@H](CC(=O)O)C(=O)N[C@H]3C[C@H](n4cc(C)c(=O)[nH]c4=O)O[C@@H]3CO)O2)c(=O)[nH]c1=O. The molecule has 7 N–H and O–H groups in total. The Morgan fingerprint density at radius 3 is 2.05 bits per heavy atom. The first kappa shape index (κ1) is 30.6. The first-order valence-corrected chi connectivity index (χ1v) is 12.9. The fraction of sp³-hybridized carbons (Fsp3) is 0.542. The number of amides is 2. The van der Waals surface area contributed by atoms with Crippen LogP contribution in [0.1, 0.15) is 42.8 Å². The molecule has 0 spiro atoms. The van der Waals surface area contributed by atoms with E-state index in [2.05, 4.69) is 20.6 Å². The van der Waals surface area contributed by atoms with Crippen molar-refractivity contribution >= 4 is 17.8 Å². The van der Waals surface area contributed by atoms with Gasteiger partial charge in [0.2, 0.25) is 5.91 Å². The molecule has 228 valence electrons. The number of aryl methyl sites for hydroxylation is 2. The molecule has 2 saturated heterocycles. The second-order valence-corrected chi connectivity index (χ2v) is 10.1. The summed E-state index contributed by atoms with van der Waals surface area (Å²) in [5.74, 6) is -3.43. The van der Waals surface area contributed by atoms with Gasteiger partial charge in [-0.2, -0.15) is 0 Å². The number of hydrogen-bond donors (Lipinski definition) is 7. The molecular formula is C24H30N6O12. The van der Waals surface area contributed by atoms with Crippen LogP contribution in [0.5, 0.6) is 0 Å². The van der Waals surface area contributed by atoms with E-state index in [1.54, 1.807) is 0 Å². The molecule has 0 saturated carbocycles. The van der Waals surface area contributed by atoms with Crippen LogP contribution < -0.4 is 33.1 Å². The maximum absolute atomic E-state index is 13.1. The summed E-state index contributed by atoms with van der Waals surface area (Å²) in [5, 5.41) is 34.3. The Labute approximate surface area is 234 Å². The second-order valence-electron chi connectivity index (χ2n) is 10.1. The minimum absolute atomic E-state index is 0.0461. The highest BCUT2D eigenvalue weighted by molar-refractivity contribution is 5.92. The van der Waals surface area contributed by atoms with Gasteiger partial charge in [0.05, 0.1) is 25.2 Å². The van der Waals surface area contributed by atoms with Gasteiger partial charge in [0, 0.05) is 36.4 Å². The number of aliphatic hydroxyl groups is 2. The molecule has 0 bridgehead atoms. The highest BCUT2D eigenvalue weighted by Crippen LogP contribution is 2.29. The third-order valence-electron chi connectivity index (χ3n) is 7.02. The van der Waals surface area contributed by atoms with Gasteiger partial charge in [-0.25, -0.2) is 9.59 Å². The molecule has 18 nitrogen and oxygen atoms in total. The summed E-state index contributed by atoms with van der Waals surface area (Å²) < 4.78 is 13.3. The number of H-pyrrole nitrogens is 2. The minimum atomic E-state index is -1.65. The van der Waals surface area contributed by atoms with Crippen molar-refractivity contribution in [1.82, 2.24) is 29.7 Å². The summed E-state index contributed by atoms with van der Waals surface area (Å²) in [6.45, 7) is 2.33. The van der Waals surface area contributed by atoms with E-state index < -0.39 is 96.2 Å². The number of rotatable bonds is 9. The van der Waals surface area contributed by atoms with E-state index in [0.29, 0.717) is 0 Å². The van der Waals surface area contributed by atoms with E-state index in [1.165, 1.54) is 26.2 Å². The van der Waals surface area contributed by atoms with Crippen LogP contribution >= 0.6 is 0 Å². The van der Waals surface area contributed by atoms with Gasteiger partial charge in [-0.05, 0) is 13.8 Å². The molecule has 18 heteroatoms. The van der Waals surface area contributed by atoms with Crippen LogP contribution in [0, 0.1) is 13.8 Å². The van der Waals surface area contributed by atoms with Gasteiger partial charge >= 0.3 is 17.3 Å². The van der Waals surface area contributed by atoms with Gasteiger partial charge in [-0.1, -0.05) is 0 Å². The number of carbonyl (C=O) groups is 3. The predicted octanol–water partition coefficient (Wildman–Crippen LogP) is -3.92. The molecule has 2 aliphatic rings. The van der Waals surface area contributed by atoms with Gasteiger partial charge in [-0.15, -0.1) is 0 Å². The monoisotopic (exact) mass is 594 g/mol. The van der Waals surface area contributed by atoms with Crippen molar-refractivity contribution in [2.75, 3.05) is 6.61 Å². The van der Waals surface area contributed by atoms with Crippen molar-refractivity contribution in [3.05, 3.63) is 65.2 Å². The zero-order chi connectivity index (χ0) is 30.9. The van der Waals surface area contributed by atoms with Crippen molar-refractivity contribution < 1.29 is 39.2 Å². The molecule has 0 unspecified atom stereocenters. The lowest BCUT2D eigenvalue weighted by Crippen LogP contribution is -2.55. The van der Waals surface area contributed by atoms with Crippen molar-refractivity contribution in [1.29, 1.82) is 0 Å². The topological polar surface area (TPSA) is 264 Å².